The van der Waals surface area contributed by atoms with E-state index in [4.69, 9.17) is 4.42 Å². The second-order valence-corrected chi connectivity index (χ2v) is 6.55. The fraction of sp³-hybridized carbons (Fsp3) is 0.733. The normalized spacial score (nSPS) is 31.4. The van der Waals surface area contributed by atoms with Crippen LogP contribution >= 0.6 is 0 Å². The Balaban J connectivity index is 1.45. The highest BCUT2D eigenvalue weighted by Crippen LogP contribution is 2.60. The van der Waals surface area contributed by atoms with Gasteiger partial charge in [-0.2, -0.15) is 0 Å². The van der Waals surface area contributed by atoms with Crippen molar-refractivity contribution < 1.29 is 9.21 Å². The number of nitrogens with zero attached hydrogens (tertiary/aromatic N) is 3. The molecular weight excluding hydrogens is 268 g/mol. The molecule has 0 bridgehead atoms. The van der Waals surface area contributed by atoms with E-state index >= 15 is 0 Å². The first-order chi connectivity index (χ1) is 10.2. The molecule has 4 rings (SSSR count). The van der Waals surface area contributed by atoms with Gasteiger partial charge in [-0.25, -0.2) is 4.98 Å². The molecule has 1 aromatic rings. The Labute approximate surface area is 124 Å². The van der Waals surface area contributed by atoms with Gasteiger partial charge in [-0.1, -0.05) is 6.92 Å². The Morgan fingerprint density at radius 3 is 3.05 bits per heavy atom. The van der Waals surface area contributed by atoms with E-state index < -0.39 is 0 Å². The minimum atomic E-state index is 0.00362. The highest BCUT2D eigenvalue weighted by Gasteiger charge is 2.59. The van der Waals surface area contributed by atoms with Gasteiger partial charge in [0, 0.05) is 39.3 Å². The smallest absolute Gasteiger partial charge is 0.298 e. The third-order valence-corrected chi connectivity index (χ3v) is 5.39. The minimum absolute atomic E-state index is 0.00362. The number of likely N-dealkylation sites (tertiary alicyclic amines) is 1. The van der Waals surface area contributed by atoms with Crippen molar-refractivity contribution in [3.8, 4) is 0 Å². The maximum atomic E-state index is 12.5. The Morgan fingerprint density at radius 2 is 2.33 bits per heavy atom. The van der Waals surface area contributed by atoms with E-state index in [0.717, 1.165) is 39.3 Å². The molecule has 6 nitrogen and oxygen atoms in total. The van der Waals surface area contributed by atoms with Crippen LogP contribution in [0.5, 0.6) is 0 Å². The Bertz CT molecular complexity index is 548. The monoisotopic (exact) mass is 290 g/mol. The van der Waals surface area contributed by atoms with Crippen molar-refractivity contribution in [2.75, 3.05) is 44.2 Å². The molecule has 1 aromatic heterocycles. The number of aromatic nitrogens is 1. The Hall–Kier alpha value is -1.56. The molecule has 2 atom stereocenters. The van der Waals surface area contributed by atoms with Crippen LogP contribution in [0, 0.1) is 11.3 Å². The molecule has 0 spiro atoms. The maximum absolute atomic E-state index is 12.5. The highest BCUT2D eigenvalue weighted by molar-refractivity contribution is 5.91. The lowest BCUT2D eigenvalue weighted by atomic mass is 10.0. The predicted molar refractivity (Wildman–Crippen MR) is 78.3 cm³/mol. The number of anilines is 1. The van der Waals surface area contributed by atoms with Crippen LogP contribution in [0.2, 0.25) is 0 Å². The van der Waals surface area contributed by atoms with E-state index in [0.29, 0.717) is 23.1 Å². The van der Waals surface area contributed by atoms with Crippen LogP contribution < -0.4 is 10.2 Å². The molecule has 2 saturated heterocycles. The summed E-state index contributed by atoms with van der Waals surface area (Å²) in [5.74, 6) is 1.10. The lowest BCUT2D eigenvalue weighted by molar-refractivity contribution is 0.0733. The minimum Gasteiger partial charge on any atom is -0.418 e. The lowest BCUT2D eigenvalue weighted by Crippen LogP contribution is -2.43. The average Bonchev–Trinajstić information content (AvgIpc) is 2.93. The molecule has 114 valence electrons. The van der Waals surface area contributed by atoms with Crippen LogP contribution in [-0.4, -0.2) is 55.1 Å². The summed E-state index contributed by atoms with van der Waals surface area (Å²) in [5.41, 5.74) is 0.414. The zero-order valence-electron chi connectivity index (χ0n) is 12.5. The zero-order chi connectivity index (χ0) is 14.4. The summed E-state index contributed by atoms with van der Waals surface area (Å²) in [6, 6.07) is 0.578. The molecule has 1 N–H and O–H groups in total. The molecular formula is C15H22N4O2. The third-order valence-electron chi connectivity index (χ3n) is 5.39. The Morgan fingerprint density at radius 1 is 1.52 bits per heavy atom. The first kappa shape index (κ1) is 13.1. The van der Waals surface area contributed by atoms with E-state index in [2.05, 4.69) is 22.1 Å². The average molecular weight is 290 g/mol. The number of oxazole rings is 1. The second kappa shape index (κ2) is 4.73. The van der Waals surface area contributed by atoms with Gasteiger partial charge in [0.2, 0.25) is 5.76 Å². The van der Waals surface area contributed by atoms with E-state index in [-0.39, 0.29) is 5.91 Å². The fourth-order valence-corrected chi connectivity index (χ4v) is 3.82. The van der Waals surface area contributed by atoms with Crippen molar-refractivity contribution in [2.24, 2.45) is 11.3 Å². The van der Waals surface area contributed by atoms with Crippen LogP contribution in [0.15, 0.2) is 10.6 Å². The first-order valence-corrected chi connectivity index (χ1v) is 7.93. The number of piperazine rings is 1. The van der Waals surface area contributed by atoms with E-state index in [1.165, 1.54) is 12.8 Å². The number of piperidine rings is 1. The van der Waals surface area contributed by atoms with Crippen molar-refractivity contribution in [1.29, 1.82) is 0 Å². The molecule has 1 aliphatic carbocycles. The van der Waals surface area contributed by atoms with Crippen LogP contribution in [0.1, 0.15) is 30.3 Å². The lowest BCUT2D eigenvalue weighted by Gasteiger charge is -2.25. The van der Waals surface area contributed by atoms with E-state index in [1.54, 1.807) is 6.20 Å². The number of fused-ring (bicyclic) bond motifs is 1. The van der Waals surface area contributed by atoms with Crippen molar-refractivity contribution in [3.05, 3.63) is 12.0 Å². The van der Waals surface area contributed by atoms with Crippen LogP contribution in [-0.2, 0) is 0 Å². The maximum Gasteiger partial charge on any atom is 0.298 e. The Kier molecular flexibility index (Phi) is 2.96. The summed E-state index contributed by atoms with van der Waals surface area (Å²) in [5, 5.41) is 3.29. The molecule has 1 amide bonds. The van der Waals surface area contributed by atoms with Crippen molar-refractivity contribution in [2.45, 2.75) is 19.8 Å². The molecule has 0 unspecified atom stereocenters. The SMILES string of the molecule is CC[C@]12C[C@H]1CN(C(=O)c1cnc(N3CCNCC3)o1)C2. The number of hydrogen-bond donors (Lipinski definition) is 1. The molecule has 21 heavy (non-hydrogen) atoms. The van der Waals surface area contributed by atoms with Gasteiger partial charge < -0.3 is 19.5 Å². The number of amides is 1. The van der Waals surface area contributed by atoms with Crippen LogP contribution in [0.3, 0.4) is 0 Å². The summed E-state index contributed by atoms with van der Waals surface area (Å²) in [6.45, 7) is 7.60. The predicted octanol–water partition coefficient (Wildman–Crippen LogP) is 0.956. The third kappa shape index (κ3) is 2.12. The topological polar surface area (TPSA) is 61.6 Å². The molecule has 1 saturated carbocycles. The van der Waals surface area contributed by atoms with Gasteiger partial charge in [0.05, 0.1) is 6.20 Å². The summed E-state index contributed by atoms with van der Waals surface area (Å²) in [4.78, 5) is 20.8. The number of carbonyl (C=O) groups is 1. The molecule has 0 radical (unpaired) electrons. The van der Waals surface area contributed by atoms with Gasteiger partial charge in [-0.05, 0) is 24.2 Å². The van der Waals surface area contributed by atoms with Crippen molar-refractivity contribution in [3.63, 3.8) is 0 Å². The van der Waals surface area contributed by atoms with Gasteiger partial charge in [-0.3, -0.25) is 4.79 Å². The zero-order valence-corrected chi connectivity index (χ0v) is 12.5. The van der Waals surface area contributed by atoms with E-state index in [9.17, 15) is 4.79 Å². The number of rotatable bonds is 3. The molecule has 3 heterocycles. The molecule has 3 aliphatic rings. The van der Waals surface area contributed by atoms with Crippen molar-refractivity contribution in [1.82, 2.24) is 15.2 Å². The van der Waals surface area contributed by atoms with E-state index in [1.807, 2.05) is 4.90 Å². The van der Waals surface area contributed by atoms with Crippen LogP contribution in [0.4, 0.5) is 6.01 Å². The molecule has 6 heteroatoms. The second-order valence-electron chi connectivity index (χ2n) is 6.55. The largest absolute Gasteiger partial charge is 0.418 e. The quantitative estimate of drug-likeness (QED) is 0.898. The van der Waals surface area contributed by atoms with Gasteiger partial charge in [0.15, 0.2) is 0 Å². The van der Waals surface area contributed by atoms with Gasteiger partial charge in [-0.15, -0.1) is 0 Å². The first-order valence-electron chi connectivity index (χ1n) is 7.93. The summed E-state index contributed by atoms with van der Waals surface area (Å²) >= 11 is 0. The number of carbonyl (C=O) groups excluding carboxylic acids is 1. The molecule has 0 aromatic carbocycles. The highest BCUT2D eigenvalue weighted by atomic mass is 16.4. The summed E-state index contributed by atoms with van der Waals surface area (Å²) in [7, 11) is 0. The van der Waals surface area contributed by atoms with Gasteiger partial charge in [0.1, 0.15) is 0 Å². The summed E-state index contributed by atoms with van der Waals surface area (Å²) < 4.78 is 5.71. The molecule has 2 aliphatic heterocycles. The fourth-order valence-electron chi connectivity index (χ4n) is 3.82. The number of hydrogen-bond acceptors (Lipinski definition) is 5. The van der Waals surface area contributed by atoms with Crippen molar-refractivity contribution >= 4 is 11.9 Å². The van der Waals surface area contributed by atoms with Crippen LogP contribution in [0.25, 0.3) is 0 Å². The van der Waals surface area contributed by atoms with Gasteiger partial charge >= 0.3 is 0 Å². The molecule has 3 fully saturated rings. The standard InChI is InChI=1S/C15H22N4O2/c1-2-15-7-11(15)9-19(10-15)13(20)12-8-17-14(21-12)18-5-3-16-4-6-18/h8,11,16H,2-7,9-10H2,1H3/t11-,15+/m0/s1. The summed E-state index contributed by atoms with van der Waals surface area (Å²) in [6.07, 6.45) is 4.04. The number of nitrogens with one attached hydrogen (secondary N) is 1. The van der Waals surface area contributed by atoms with Gasteiger partial charge in [0.25, 0.3) is 11.9 Å².